The molecule has 0 radical (unpaired) electrons. The van der Waals surface area contributed by atoms with Crippen LogP contribution >= 0.6 is 0 Å². The summed E-state index contributed by atoms with van der Waals surface area (Å²) in [7, 11) is 0. The standard InChI is InChI=1S/C18H21N5O2/c1-12-9-20-23(10-12)18-14(8-16(18)24)21-17(25)6-7-22-11-19-13-4-2-3-5-15(13)22/h2-5,9-11,14,16,18,24H,6-8H2,1H3,(H,21,25)/t14-,16+,18+/m0/s1. The molecule has 1 aliphatic carbocycles. The first-order valence-electron chi connectivity index (χ1n) is 8.50. The molecular weight excluding hydrogens is 318 g/mol. The van der Waals surface area contributed by atoms with E-state index in [0.29, 0.717) is 19.4 Å². The fraction of sp³-hybridized carbons (Fsp3) is 0.389. The van der Waals surface area contributed by atoms with Crippen molar-refractivity contribution in [2.45, 2.75) is 44.5 Å². The molecule has 7 heteroatoms. The number of benzene rings is 1. The average molecular weight is 339 g/mol. The van der Waals surface area contributed by atoms with Gasteiger partial charge < -0.3 is 15.0 Å². The van der Waals surface area contributed by atoms with Crippen molar-refractivity contribution in [3.05, 3.63) is 48.5 Å². The Morgan fingerprint density at radius 3 is 3.00 bits per heavy atom. The number of rotatable bonds is 5. The molecule has 0 aliphatic heterocycles. The van der Waals surface area contributed by atoms with Crippen molar-refractivity contribution in [2.75, 3.05) is 0 Å². The highest BCUT2D eigenvalue weighted by Gasteiger charge is 2.42. The minimum absolute atomic E-state index is 0.0245. The van der Waals surface area contributed by atoms with E-state index in [2.05, 4.69) is 15.4 Å². The Labute approximate surface area is 145 Å². The quantitative estimate of drug-likeness (QED) is 0.736. The van der Waals surface area contributed by atoms with Crippen LogP contribution in [0.15, 0.2) is 43.0 Å². The minimum Gasteiger partial charge on any atom is -0.391 e. The van der Waals surface area contributed by atoms with Gasteiger partial charge in [0.15, 0.2) is 0 Å². The van der Waals surface area contributed by atoms with E-state index in [0.717, 1.165) is 16.6 Å². The van der Waals surface area contributed by atoms with E-state index in [-0.39, 0.29) is 18.0 Å². The Bertz CT molecular complexity index is 900. The number of nitrogens with one attached hydrogen (secondary N) is 1. The molecule has 0 spiro atoms. The van der Waals surface area contributed by atoms with E-state index in [1.165, 1.54) is 0 Å². The van der Waals surface area contributed by atoms with Crippen LogP contribution in [0.5, 0.6) is 0 Å². The lowest BCUT2D eigenvalue weighted by atomic mass is 9.83. The number of aliphatic hydroxyl groups excluding tert-OH is 1. The van der Waals surface area contributed by atoms with E-state index in [1.54, 1.807) is 17.2 Å². The van der Waals surface area contributed by atoms with Crippen molar-refractivity contribution < 1.29 is 9.90 Å². The monoisotopic (exact) mass is 339 g/mol. The number of para-hydroxylation sites is 2. The molecule has 1 aromatic carbocycles. The van der Waals surface area contributed by atoms with Crippen molar-refractivity contribution in [1.82, 2.24) is 24.6 Å². The number of fused-ring (bicyclic) bond motifs is 1. The van der Waals surface area contributed by atoms with Crippen molar-refractivity contribution in [3.8, 4) is 0 Å². The summed E-state index contributed by atoms with van der Waals surface area (Å²) in [6, 6.07) is 7.60. The number of aliphatic hydroxyl groups is 1. The van der Waals surface area contributed by atoms with E-state index in [1.807, 2.05) is 42.0 Å². The predicted octanol–water partition coefficient (Wildman–Crippen LogP) is 1.42. The molecule has 1 fully saturated rings. The largest absolute Gasteiger partial charge is 0.391 e. The highest BCUT2D eigenvalue weighted by molar-refractivity contribution is 5.77. The Kier molecular flexibility index (Phi) is 4.01. The molecule has 3 atom stereocenters. The van der Waals surface area contributed by atoms with E-state index >= 15 is 0 Å². The van der Waals surface area contributed by atoms with Crippen molar-refractivity contribution in [1.29, 1.82) is 0 Å². The second-order valence-electron chi connectivity index (χ2n) is 6.64. The van der Waals surface area contributed by atoms with Gasteiger partial charge in [-0.1, -0.05) is 12.1 Å². The number of hydrogen-bond acceptors (Lipinski definition) is 4. The normalized spacial score (nSPS) is 22.7. The molecule has 2 N–H and O–H groups in total. The SMILES string of the molecule is Cc1cnn([C@H]2[C@H](O)C[C@@H]2NC(=O)CCn2cnc3ccccc32)c1. The molecule has 25 heavy (non-hydrogen) atoms. The molecule has 1 amide bonds. The van der Waals surface area contributed by atoms with Crippen LogP contribution in [0, 0.1) is 6.92 Å². The van der Waals surface area contributed by atoms with E-state index in [9.17, 15) is 9.90 Å². The molecule has 7 nitrogen and oxygen atoms in total. The fourth-order valence-electron chi connectivity index (χ4n) is 3.40. The molecule has 2 aromatic heterocycles. The number of imidazole rings is 1. The van der Waals surface area contributed by atoms with Crippen LogP contribution in [0.25, 0.3) is 11.0 Å². The van der Waals surface area contributed by atoms with E-state index < -0.39 is 6.10 Å². The summed E-state index contributed by atoms with van der Waals surface area (Å²) in [6.45, 7) is 2.53. The number of aryl methyl sites for hydroxylation is 2. The summed E-state index contributed by atoms with van der Waals surface area (Å²) in [4.78, 5) is 16.6. The molecule has 130 valence electrons. The Hall–Kier alpha value is -2.67. The number of aromatic nitrogens is 4. The predicted molar refractivity (Wildman–Crippen MR) is 92.9 cm³/mol. The van der Waals surface area contributed by atoms with Crippen LogP contribution in [0.4, 0.5) is 0 Å². The smallest absolute Gasteiger partial charge is 0.222 e. The zero-order valence-corrected chi connectivity index (χ0v) is 14.0. The lowest BCUT2D eigenvalue weighted by Crippen LogP contribution is -2.56. The van der Waals surface area contributed by atoms with Gasteiger partial charge in [-0.15, -0.1) is 0 Å². The average Bonchev–Trinajstić information content (AvgIpc) is 3.18. The second-order valence-corrected chi connectivity index (χ2v) is 6.64. The maximum Gasteiger partial charge on any atom is 0.222 e. The van der Waals surface area contributed by atoms with Gasteiger partial charge in [0.1, 0.15) is 0 Å². The third kappa shape index (κ3) is 3.02. The highest BCUT2D eigenvalue weighted by atomic mass is 16.3. The van der Waals surface area contributed by atoms with Crippen molar-refractivity contribution in [3.63, 3.8) is 0 Å². The van der Waals surface area contributed by atoms with Gasteiger partial charge in [0.25, 0.3) is 0 Å². The zero-order valence-electron chi connectivity index (χ0n) is 14.0. The third-order valence-electron chi connectivity index (χ3n) is 4.79. The Balaban J connectivity index is 1.36. The maximum atomic E-state index is 12.3. The number of carbonyl (C=O) groups is 1. The summed E-state index contributed by atoms with van der Waals surface area (Å²) < 4.78 is 3.73. The van der Waals surface area contributed by atoms with Gasteiger partial charge in [0.2, 0.25) is 5.91 Å². The zero-order chi connectivity index (χ0) is 17.4. The van der Waals surface area contributed by atoms with Crippen molar-refractivity contribution in [2.24, 2.45) is 0 Å². The fourth-order valence-corrected chi connectivity index (χ4v) is 3.40. The van der Waals surface area contributed by atoms with Gasteiger partial charge in [-0.25, -0.2) is 4.98 Å². The van der Waals surface area contributed by atoms with Gasteiger partial charge in [0, 0.05) is 19.2 Å². The van der Waals surface area contributed by atoms with E-state index in [4.69, 9.17) is 0 Å². The van der Waals surface area contributed by atoms with Crippen LogP contribution in [0.2, 0.25) is 0 Å². The minimum atomic E-state index is -0.470. The molecule has 1 aliphatic rings. The van der Waals surface area contributed by atoms with Gasteiger partial charge in [-0.2, -0.15) is 5.10 Å². The first-order valence-corrected chi connectivity index (χ1v) is 8.50. The molecule has 0 unspecified atom stereocenters. The molecule has 0 bridgehead atoms. The summed E-state index contributed by atoms with van der Waals surface area (Å²) in [5, 5.41) is 17.3. The second kappa shape index (κ2) is 6.33. The van der Waals surface area contributed by atoms with Crippen LogP contribution < -0.4 is 5.32 Å². The Morgan fingerprint density at radius 2 is 2.24 bits per heavy atom. The van der Waals surface area contributed by atoms with Crippen molar-refractivity contribution >= 4 is 16.9 Å². The lowest BCUT2D eigenvalue weighted by molar-refractivity contribution is -0.124. The lowest BCUT2D eigenvalue weighted by Gasteiger charge is -2.41. The van der Waals surface area contributed by atoms with Crippen LogP contribution in [0.3, 0.4) is 0 Å². The maximum absolute atomic E-state index is 12.3. The first kappa shape index (κ1) is 15.8. The molecule has 4 rings (SSSR count). The molecule has 0 saturated heterocycles. The molecule has 2 heterocycles. The topological polar surface area (TPSA) is 85.0 Å². The Morgan fingerprint density at radius 1 is 1.40 bits per heavy atom. The van der Waals surface area contributed by atoms with Gasteiger partial charge in [-0.3, -0.25) is 9.48 Å². The molecular formula is C18H21N5O2. The number of amides is 1. The first-order chi connectivity index (χ1) is 12.1. The molecule has 3 aromatic rings. The third-order valence-corrected chi connectivity index (χ3v) is 4.79. The summed E-state index contributed by atoms with van der Waals surface area (Å²) in [6.07, 6.45) is 5.88. The number of carbonyl (C=O) groups excluding carboxylic acids is 1. The van der Waals surface area contributed by atoms with Gasteiger partial charge >= 0.3 is 0 Å². The van der Waals surface area contributed by atoms with Crippen LogP contribution in [-0.4, -0.2) is 42.5 Å². The van der Waals surface area contributed by atoms with Gasteiger partial charge in [0.05, 0.1) is 41.7 Å². The number of hydrogen-bond donors (Lipinski definition) is 2. The number of nitrogens with zero attached hydrogens (tertiary/aromatic N) is 4. The summed E-state index contributed by atoms with van der Waals surface area (Å²) >= 11 is 0. The van der Waals surface area contributed by atoms with Gasteiger partial charge in [-0.05, 0) is 31.0 Å². The summed E-state index contributed by atoms with van der Waals surface area (Å²) in [5.41, 5.74) is 2.99. The van der Waals surface area contributed by atoms with Crippen LogP contribution in [0.1, 0.15) is 24.4 Å². The summed E-state index contributed by atoms with van der Waals surface area (Å²) in [5.74, 6) is -0.0245. The molecule has 1 saturated carbocycles. The highest BCUT2D eigenvalue weighted by Crippen LogP contribution is 2.32. The van der Waals surface area contributed by atoms with Crippen LogP contribution in [-0.2, 0) is 11.3 Å².